The third kappa shape index (κ3) is 5.57. The molecule has 0 saturated carbocycles. The first kappa shape index (κ1) is 12.9. The molecular weight excluding hydrogens is 270 g/mol. The second-order valence-electron chi connectivity index (χ2n) is 2.60. The van der Waals surface area contributed by atoms with E-state index in [4.69, 9.17) is 17.0 Å². The van der Waals surface area contributed by atoms with Gasteiger partial charge >= 0.3 is 37.9 Å². The SMILES string of the molecule is CCC1=CC(CC)C=C1.[Cl][Zr][Cl]. The van der Waals surface area contributed by atoms with Crippen molar-refractivity contribution < 1.29 is 20.8 Å². The molecule has 12 heavy (non-hydrogen) atoms. The van der Waals surface area contributed by atoms with Gasteiger partial charge in [-0.25, -0.2) is 0 Å². The quantitative estimate of drug-likeness (QED) is 0.709. The summed E-state index contributed by atoms with van der Waals surface area (Å²) in [5.74, 6) is 0.736. The van der Waals surface area contributed by atoms with E-state index >= 15 is 0 Å². The predicted molar refractivity (Wildman–Crippen MR) is 53.0 cm³/mol. The monoisotopic (exact) mass is 282 g/mol. The van der Waals surface area contributed by atoms with Crippen LogP contribution in [0.1, 0.15) is 26.7 Å². The Kier molecular flexibility index (Phi) is 9.21. The molecule has 0 radical (unpaired) electrons. The van der Waals surface area contributed by atoms with E-state index in [1.54, 1.807) is 0 Å². The van der Waals surface area contributed by atoms with Gasteiger partial charge in [0.05, 0.1) is 0 Å². The van der Waals surface area contributed by atoms with Crippen LogP contribution in [-0.4, -0.2) is 0 Å². The molecule has 0 amide bonds. The summed E-state index contributed by atoms with van der Waals surface area (Å²) in [6, 6.07) is 0. The second-order valence-corrected chi connectivity index (χ2v) is 6.33. The van der Waals surface area contributed by atoms with Gasteiger partial charge in [0.25, 0.3) is 0 Å². The summed E-state index contributed by atoms with van der Waals surface area (Å²) in [4.78, 5) is 0. The molecule has 0 nitrogen and oxygen atoms in total. The van der Waals surface area contributed by atoms with Crippen molar-refractivity contribution in [2.24, 2.45) is 5.92 Å². The van der Waals surface area contributed by atoms with Crippen LogP contribution in [0.4, 0.5) is 0 Å². The van der Waals surface area contributed by atoms with E-state index in [1.165, 1.54) is 18.4 Å². The zero-order valence-electron chi connectivity index (χ0n) is 7.48. The molecule has 0 heterocycles. The van der Waals surface area contributed by atoms with E-state index < -0.39 is 20.8 Å². The van der Waals surface area contributed by atoms with Crippen LogP contribution in [0.25, 0.3) is 0 Å². The average molecular weight is 284 g/mol. The van der Waals surface area contributed by atoms with Crippen LogP contribution in [0.3, 0.4) is 0 Å². The van der Waals surface area contributed by atoms with E-state index in [9.17, 15) is 0 Å². The first-order chi connectivity index (χ1) is 5.78. The molecule has 3 heteroatoms. The van der Waals surface area contributed by atoms with Crippen LogP contribution < -0.4 is 0 Å². The molecule has 0 N–H and O–H groups in total. The predicted octanol–water partition coefficient (Wildman–Crippen LogP) is 4.30. The van der Waals surface area contributed by atoms with Crippen LogP contribution in [0.2, 0.25) is 0 Å². The Hall–Kier alpha value is 0.943. The fraction of sp³-hybridized carbons (Fsp3) is 0.556. The third-order valence-electron chi connectivity index (χ3n) is 1.87. The third-order valence-corrected chi connectivity index (χ3v) is 1.87. The summed E-state index contributed by atoms with van der Waals surface area (Å²) in [6.07, 6.45) is 9.33. The normalized spacial score (nSPS) is 19.7. The Labute approximate surface area is 93.7 Å². The van der Waals surface area contributed by atoms with Crippen molar-refractivity contribution >= 4 is 17.0 Å². The van der Waals surface area contributed by atoms with E-state index in [1.807, 2.05) is 0 Å². The van der Waals surface area contributed by atoms with Crippen molar-refractivity contribution in [2.45, 2.75) is 26.7 Å². The maximum atomic E-state index is 4.93. The Bertz CT molecular complexity index is 164. The summed E-state index contributed by atoms with van der Waals surface area (Å²) in [5.41, 5.74) is 1.50. The van der Waals surface area contributed by atoms with E-state index in [-0.39, 0.29) is 0 Å². The summed E-state index contributed by atoms with van der Waals surface area (Å²) in [5, 5.41) is 0. The van der Waals surface area contributed by atoms with Crippen molar-refractivity contribution in [3.8, 4) is 0 Å². The number of hydrogen-bond acceptors (Lipinski definition) is 0. The van der Waals surface area contributed by atoms with Crippen LogP contribution in [-0.2, 0) is 20.8 Å². The average Bonchev–Trinajstić information content (AvgIpc) is 2.53. The van der Waals surface area contributed by atoms with Crippen molar-refractivity contribution in [3.63, 3.8) is 0 Å². The number of halogens is 2. The van der Waals surface area contributed by atoms with Crippen LogP contribution in [0.15, 0.2) is 23.8 Å². The molecule has 68 valence electrons. The van der Waals surface area contributed by atoms with Gasteiger partial charge in [-0.3, -0.25) is 0 Å². The van der Waals surface area contributed by atoms with E-state index in [0.717, 1.165) is 5.92 Å². The van der Waals surface area contributed by atoms with Crippen molar-refractivity contribution in [3.05, 3.63) is 23.8 Å². The molecule has 0 bridgehead atoms. The summed E-state index contributed by atoms with van der Waals surface area (Å²) >= 11 is -0.826. The van der Waals surface area contributed by atoms with Gasteiger partial charge in [-0.1, -0.05) is 37.6 Å². The topological polar surface area (TPSA) is 0 Å². The van der Waals surface area contributed by atoms with Crippen LogP contribution >= 0.6 is 17.0 Å². The fourth-order valence-electron chi connectivity index (χ4n) is 1.12. The summed E-state index contributed by atoms with van der Waals surface area (Å²) in [6.45, 7) is 4.43. The Morgan fingerprint density at radius 1 is 1.42 bits per heavy atom. The molecule has 1 unspecified atom stereocenters. The number of hydrogen-bond donors (Lipinski definition) is 0. The van der Waals surface area contributed by atoms with Gasteiger partial charge in [-0.15, -0.1) is 0 Å². The zero-order valence-corrected chi connectivity index (χ0v) is 11.4. The minimum atomic E-state index is -0.826. The van der Waals surface area contributed by atoms with Gasteiger partial charge in [0.2, 0.25) is 0 Å². The van der Waals surface area contributed by atoms with Gasteiger partial charge < -0.3 is 0 Å². The van der Waals surface area contributed by atoms with Gasteiger partial charge in [0, 0.05) is 0 Å². The van der Waals surface area contributed by atoms with Gasteiger partial charge in [-0.05, 0) is 18.8 Å². The molecular formula is C9H14Cl2Zr. The van der Waals surface area contributed by atoms with Crippen LogP contribution in [0, 0.1) is 5.92 Å². The Morgan fingerprint density at radius 2 is 2.00 bits per heavy atom. The molecule has 1 rings (SSSR count). The number of allylic oxidation sites excluding steroid dienone is 4. The van der Waals surface area contributed by atoms with E-state index in [0.29, 0.717) is 0 Å². The molecule has 0 aromatic rings. The zero-order chi connectivity index (χ0) is 9.40. The van der Waals surface area contributed by atoms with Gasteiger partial charge in [-0.2, -0.15) is 0 Å². The first-order valence-corrected chi connectivity index (χ1v) is 10.5. The molecule has 0 aromatic carbocycles. The van der Waals surface area contributed by atoms with E-state index in [2.05, 4.69) is 32.1 Å². The van der Waals surface area contributed by atoms with Crippen molar-refractivity contribution in [1.82, 2.24) is 0 Å². The molecule has 0 spiro atoms. The molecule has 0 aromatic heterocycles. The van der Waals surface area contributed by atoms with Crippen molar-refractivity contribution in [2.75, 3.05) is 0 Å². The second kappa shape index (κ2) is 8.54. The number of rotatable bonds is 2. The van der Waals surface area contributed by atoms with Gasteiger partial charge in [0.1, 0.15) is 0 Å². The first-order valence-electron chi connectivity index (χ1n) is 4.13. The maximum absolute atomic E-state index is 4.93. The molecule has 1 aliphatic carbocycles. The Morgan fingerprint density at radius 3 is 2.25 bits per heavy atom. The standard InChI is InChI=1S/C9H14.2ClH.Zr/c1-3-8-5-6-9(4-2)7-8;;;/h5-8H,3-4H2,1-2H3;2*1H;/q;;;+2/p-2. The minimum absolute atomic E-state index is 0.736. The molecule has 0 aliphatic heterocycles. The fourth-order valence-corrected chi connectivity index (χ4v) is 1.12. The summed E-state index contributed by atoms with van der Waals surface area (Å²) in [7, 11) is 9.87. The molecule has 0 fully saturated rings. The summed E-state index contributed by atoms with van der Waals surface area (Å²) < 4.78 is 0. The van der Waals surface area contributed by atoms with Gasteiger partial charge in [0.15, 0.2) is 0 Å². The molecule has 0 saturated heterocycles. The Balaban J connectivity index is 0.000000354. The van der Waals surface area contributed by atoms with Crippen LogP contribution in [0.5, 0.6) is 0 Å². The molecule has 1 atom stereocenters. The molecule has 1 aliphatic rings. The van der Waals surface area contributed by atoms with Crippen molar-refractivity contribution in [1.29, 1.82) is 0 Å².